The van der Waals surface area contributed by atoms with Gasteiger partial charge in [0.05, 0.1) is 24.8 Å². The van der Waals surface area contributed by atoms with Gasteiger partial charge in [-0.25, -0.2) is 4.98 Å². The molecular formula is C22H28N6O2. The number of hydrogen-bond donors (Lipinski definition) is 3. The Bertz CT molecular complexity index is 902. The van der Waals surface area contributed by atoms with Gasteiger partial charge in [-0.05, 0) is 62.4 Å². The molecular weight excluding hydrogens is 380 g/mol. The maximum Gasteiger partial charge on any atom is 0.254 e. The Kier molecular flexibility index (Phi) is 5.26. The van der Waals surface area contributed by atoms with E-state index in [0.717, 1.165) is 44.8 Å². The van der Waals surface area contributed by atoms with E-state index < -0.39 is 5.91 Å². The van der Waals surface area contributed by atoms with Gasteiger partial charge in [0.25, 0.3) is 5.91 Å². The number of piperidine rings is 1. The number of carbonyl (C=O) groups is 1. The zero-order valence-electron chi connectivity index (χ0n) is 17.0. The van der Waals surface area contributed by atoms with Crippen LogP contribution in [0.3, 0.4) is 0 Å². The van der Waals surface area contributed by atoms with E-state index in [9.17, 15) is 4.79 Å². The average Bonchev–Trinajstić information content (AvgIpc) is 3.52. The number of primary amides is 1. The van der Waals surface area contributed by atoms with E-state index in [1.54, 1.807) is 0 Å². The Balaban J connectivity index is 1.22. The lowest BCUT2D eigenvalue weighted by Gasteiger charge is -2.41. The van der Waals surface area contributed by atoms with Gasteiger partial charge in [0, 0.05) is 17.9 Å². The van der Waals surface area contributed by atoms with Crippen LogP contribution in [0.1, 0.15) is 47.5 Å². The predicted molar refractivity (Wildman–Crippen MR) is 115 cm³/mol. The van der Waals surface area contributed by atoms with Crippen LogP contribution < -0.4 is 16.4 Å². The minimum absolute atomic E-state index is 0.322. The van der Waals surface area contributed by atoms with Crippen molar-refractivity contribution >= 4 is 23.4 Å². The quantitative estimate of drug-likeness (QED) is 0.646. The highest BCUT2D eigenvalue weighted by Gasteiger charge is 2.30. The topological polar surface area (TPSA) is 105 Å². The molecule has 3 fully saturated rings. The van der Waals surface area contributed by atoms with Crippen molar-refractivity contribution in [3.63, 3.8) is 0 Å². The molecule has 2 aliphatic heterocycles. The summed E-state index contributed by atoms with van der Waals surface area (Å²) in [5, 5.41) is 6.50. The van der Waals surface area contributed by atoms with E-state index in [1.165, 1.54) is 24.6 Å². The molecule has 1 saturated carbocycles. The van der Waals surface area contributed by atoms with Crippen molar-refractivity contribution in [2.75, 3.05) is 36.9 Å². The van der Waals surface area contributed by atoms with Gasteiger partial charge in [-0.1, -0.05) is 12.1 Å². The van der Waals surface area contributed by atoms with Crippen LogP contribution in [0.2, 0.25) is 0 Å². The Morgan fingerprint density at radius 3 is 2.43 bits per heavy atom. The molecule has 0 bridgehead atoms. The van der Waals surface area contributed by atoms with Crippen molar-refractivity contribution in [2.24, 2.45) is 5.73 Å². The number of rotatable bonds is 7. The van der Waals surface area contributed by atoms with Crippen LogP contribution in [0, 0.1) is 0 Å². The van der Waals surface area contributed by atoms with E-state index in [4.69, 9.17) is 10.5 Å². The van der Waals surface area contributed by atoms with Gasteiger partial charge in [0.15, 0.2) is 0 Å². The summed E-state index contributed by atoms with van der Waals surface area (Å²) in [6, 6.07) is 9.53. The van der Waals surface area contributed by atoms with E-state index in [2.05, 4.69) is 49.8 Å². The van der Waals surface area contributed by atoms with Gasteiger partial charge in [-0.15, -0.1) is 0 Å². The van der Waals surface area contributed by atoms with E-state index in [1.807, 2.05) is 0 Å². The van der Waals surface area contributed by atoms with Crippen LogP contribution in [0.4, 0.5) is 17.5 Å². The fourth-order valence-corrected chi connectivity index (χ4v) is 4.15. The van der Waals surface area contributed by atoms with Crippen LogP contribution in [-0.2, 0) is 4.74 Å². The maximum atomic E-state index is 11.6. The highest BCUT2D eigenvalue weighted by atomic mass is 16.5. The minimum atomic E-state index is -0.523. The highest BCUT2D eigenvalue weighted by Crippen LogP contribution is 2.31. The van der Waals surface area contributed by atoms with Crippen molar-refractivity contribution in [1.29, 1.82) is 0 Å². The Hall–Kier alpha value is -2.71. The zero-order valence-corrected chi connectivity index (χ0v) is 17.0. The first-order valence-corrected chi connectivity index (χ1v) is 10.8. The predicted octanol–water partition coefficient (Wildman–Crippen LogP) is 2.47. The number of likely N-dealkylation sites (tertiary alicyclic amines) is 1. The maximum absolute atomic E-state index is 11.6. The van der Waals surface area contributed by atoms with Crippen molar-refractivity contribution in [3.05, 3.63) is 41.6 Å². The summed E-state index contributed by atoms with van der Waals surface area (Å²) in [4.78, 5) is 22.9. The van der Waals surface area contributed by atoms with Crippen LogP contribution in [0.25, 0.3) is 0 Å². The van der Waals surface area contributed by atoms with Crippen molar-refractivity contribution in [3.8, 4) is 0 Å². The van der Waals surface area contributed by atoms with Gasteiger partial charge in [-0.3, -0.25) is 9.69 Å². The van der Waals surface area contributed by atoms with E-state index >= 15 is 0 Å². The molecule has 0 unspecified atom stereocenters. The number of hydrogen-bond acceptors (Lipinski definition) is 7. The summed E-state index contributed by atoms with van der Waals surface area (Å²) in [7, 11) is 0. The first kappa shape index (κ1) is 19.3. The molecule has 1 aromatic carbocycles. The number of nitrogens with two attached hydrogens (primary N) is 1. The molecule has 0 atom stereocenters. The summed E-state index contributed by atoms with van der Waals surface area (Å²) < 4.78 is 5.32. The molecule has 3 aliphatic rings. The molecule has 2 saturated heterocycles. The standard InChI is InChI=1S/C22H28N6O2/c23-20(29)19-11-24-22(27-21(19)25-16-5-6-16)26-17-3-1-14(2-4-17)15-7-9-28(10-8-15)18-12-30-13-18/h1-4,11,15-16,18H,5-10,12-13H2,(H2,23,29)(H2,24,25,26,27). The third-order valence-corrected chi connectivity index (χ3v) is 6.28. The van der Waals surface area contributed by atoms with Gasteiger partial charge in [0.2, 0.25) is 5.95 Å². The lowest BCUT2D eigenvalue weighted by atomic mass is 9.88. The molecule has 8 nitrogen and oxygen atoms in total. The Labute approximate surface area is 176 Å². The highest BCUT2D eigenvalue weighted by molar-refractivity contribution is 5.97. The number of carbonyl (C=O) groups excluding carboxylic acids is 1. The first-order valence-electron chi connectivity index (χ1n) is 10.8. The number of aromatic nitrogens is 2. The summed E-state index contributed by atoms with van der Waals surface area (Å²) in [6.45, 7) is 4.09. The average molecular weight is 409 g/mol. The molecule has 1 amide bonds. The molecule has 2 aromatic rings. The van der Waals surface area contributed by atoms with Crippen LogP contribution in [0.5, 0.6) is 0 Å². The molecule has 30 heavy (non-hydrogen) atoms. The summed E-state index contributed by atoms with van der Waals surface area (Å²) in [6.07, 6.45) is 6.03. The van der Waals surface area contributed by atoms with Gasteiger partial charge >= 0.3 is 0 Å². The SMILES string of the molecule is NC(=O)c1cnc(Nc2ccc(C3CCN(C4COC4)CC3)cc2)nc1NC1CC1. The monoisotopic (exact) mass is 408 g/mol. The number of nitrogens with one attached hydrogen (secondary N) is 2. The molecule has 4 N–H and O–H groups in total. The summed E-state index contributed by atoms with van der Waals surface area (Å²) in [5.41, 5.74) is 8.07. The molecule has 0 spiro atoms. The fraction of sp³-hybridized carbons (Fsp3) is 0.500. The zero-order chi connectivity index (χ0) is 20.5. The second kappa shape index (κ2) is 8.20. The Morgan fingerprint density at radius 2 is 1.83 bits per heavy atom. The van der Waals surface area contributed by atoms with Crippen molar-refractivity contribution in [1.82, 2.24) is 14.9 Å². The molecule has 0 radical (unpaired) electrons. The third-order valence-electron chi connectivity index (χ3n) is 6.28. The minimum Gasteiger partial charge on any atom is -0.378 e. The van der Waals surface area contributed by atoms with Crippen molar-refractivity contribution in [2.45, 2.75) is 43.7 Å². The number of anilines is 3. The molecule has 3 heterocycles. The first-order chi connectivity index (χ1) is 14.7. The second-order valence-electron chi connectivity index (χ2n) is 8.49. The molecule has 158 valence electrons. The summed E-state index contributed by atoms with van der Waals surface area (Å²) in [5.74, 6) is 1.04. The van der Waals surface area contributed by atoms with E-state index in [0.29, 0.717) is 35.3 Å². The third kappa shape index (κ3) is 4.24. The lowest BCUT2D eigenvalue weighted by Crippen LogP contribution is -2.51. The van der Waals surface area contributed by atoms with E-state index in [-0.39, 0.29) is 0 Å². The van der Waals surface area contributed by atoms with Crippen LogP contribution >= 0.6 is 0 Å². The number of ether oxygens (including phenoxy) is 1. The van der Waals surface area contributed by atoms with Crippen LogP contribution in [-0.4, -0.2) is 59.2 Å². The Morgan fingerprint density at radius 1 is 1.10 bits per heavy atom. The molecule has 5 rings (SSSR count). The molecule has 8 heteroatoms. The molecule has 1 aromatic heterocycles. The van der Waals surface area contributed by atoms with Gasteiger partial charge in [-0.2, -0.15) is 4.98 Å². The second-order valence-corrected chi connectivity index (χ2v) is 8.49. The summed E-state index contributed by atoms with van der Waals surface area (Å²) >= 11 is 0. The fourth-order valence-electron chi connectivity index (χ4n) is 4.15. The number of nitrogens with zero attached hydrogens (tertiary/aromatic N) is 3. The van der Waals surface area contributed by atoms with Gasteiger partial charge in [0.1, 0.15) is 5.82 Å². The normalized spacial score (nSPS) is 20.5. The van der Waals surface area contributed by atoms with Gasteiger partial charge < -0.3 is 21.1 Å². The van der Waals surface area contributed by atoms with Crippen LogP contribution in [0.15, 0.2) is 30.5 Å². The number of amides is 1. The lowest BCUT2D eigenvalue weighted by molar-refractivity contribution is -0.0712. The number of benzene rings is 1. The smallest absolute Gasteiger partial charge is 0.254 e. The largest absolute Gasteiger partial charge is 0.378 e. The van der Waals surface area contributed by atoms with Crippen molar-refractivity contribution < 1.29 is 9.53 Å². The molecule has 1 aliphatic carbocycles.